The molecule has 1 aliphatic heterocycles. The molecule has 1 aliphatic rings. The Labute approximate surface area is 109 Å². The summed E-state index contributed by atoms with van der Waals surface area (Å²) in [7, 11) is -3.71. The molecule has 0 spiro atoms. The summed E-state index contributed by atoms with van der Waals surface area (Å²) in [5, 5.41) is 2.88. The van der Waals surface area contributed by atoms with Gasteiger partial charge in [0.05, 0.1) is 11.4 Å². The lowest BCUT2D eigenvalue weighted by molar-refractivity contribution is -0.118. The number of primary amides is 1. The molecule has 2 heterocycles. The molecule has 1 atom stereocenters. The molecule has 7 heteroatoms. The number of anilines is 1. The van der Waals surface area contributed by atoms with Crippen molar-refractivity contribution in [1.29, 1.82) is 0 Å². The molecule has 19 heavy (non-hydrogen) atoms. The topological polar surface area (TPSA) is 94.2 Å². The highest BCUT2D eigenvalue weighted by molar-refractivity contribution is 7.90. The van der Waals surface area contributed by atoms with E-state index in [4.69, 9.17) is 5.73 Å². The maximum absolute atomic E-state index is 12.5. The Morgan fingerprint density at radius 3 is 2.68 bits per heavy atom. The van der Waals surface area contributed by atoms with Crippen molar-refractivity contribution in [3.05, 3.63) is 48.3 Å². The number of para-hydroxylation sites is 1. The van der Waals surface area contributed by atoms with Gasteiger partial charge in [-0.15, -0.1) is 0 Å². The van der Waals surface area contributed by atoms with E-state index in [0.717, 1.165) is 3.97 Å². The smallest absolute Gasteiger partial charge is 0.269 e. The van der Waals surface area contributed by atoms with E-state index in [-0.39, 0.29) is 4.90 Å². The second-order valence-corrected chi connectivity index (χ2v) is 5.99. The van der Waals surface area contributed by atoms with Crippen LogP contribution in [-0.2, 0) is 14.8 Å². The van der Waals surface area contributed by atoms with E-state index in [1.807, 2.05) is 0 Å². The number of carbonyl (C=O) groups is 1. The molecule has 1 amide bonds. The van der Waals surface area contributed by atoms with Gasteiger partial charge >= 0.3 is 0 Å². The van der Waals surface area contributed by atoms with Gasteiger partial charge in [-0.2, -0.15) is 0 Å². The monoisotopic (exact) mass is 277 g/mol. The van der Waals surface area contributed by atoms with Gasteiger partial charge < -0.3 is 11.1 Å². The van der Waals surface area contributed by atoms with Crippen LogP contribution >= 0.6 is 0 Å². The highest BCUT2D eigenvalue weighted by Crippen LogP contribution is 2.32. The molecule has 1 aromatic carbocycles. The number of nitrogens with one attached hydrogen (secondary N) is 1. The molecule has 3 N–H and O–H groups in total. The van der Waals surface area contributed by atoms with Crippen LogP contribution in [0.15, 0.2) is 47.5 Å². The fraction of sp³-hybridized carbons (Fsp3) is 0.0833. The summed E-state index contributed by atoms with van der Waals surface area (Å²) >= 11 is 0. The van der Waals surface area contributed by atoms with Gasteiger partial charge in [0.2, 0.25) is 5.91 Å². The van der Waals surface area contributed by atoms with Crippen LogP contribution in [-0.4, -0.2) is 18.3 Å². The van der Waals surface area contributed by atoms with Gasteiger partial charge in [0.1, 0.15) is 10.9 Å². The summed E-state index contributed by atoms with van der Waals surface area (Å²) in [6, 6.07) is 8.67. The highest BCUT2D eigenvalue weighted by Gasteiger charge is 2.32. The Morgan fingerprint density at radius 2 is 1.95 bits per heavy atom. The fourth-order valence-electron chi connectivity index (χ4n) is 2.18. The average Bonchev–Trinajstić information content (AvgIpc) is 2.82. The molecule has 0 aliphatic carbocycles. The van der Waals surface area contributed by atoms with Crippen LogP contribution in [0.3, 0.4) is 0 Å². The van der Waals surface area contributed by atoms with Crippen LogP contribution in [0.25, 0.3) is 0 Å². The van der Waals surface area contributed by atoms with E-state index in [2.05, 4.69) is 5.32 Å². The number of rotatable bonds is 1. The predicted molar refractivity (Wildman–Crippen MR) is 69.0 cm³/mol. The predicted octanol–water partition coefficient (Wildman–Crippen LogP) is 0.677. The molecule has 0 fully saturated rings. The maximum Gasteiger partial charge on any atom is 0.269 e. The van der Waals surface area contributed by atoms with Crippen molar-refractivity contribution in [3.8, 4) is 0 Å². The fourth-order valence-corrected chi connectivity index (χ4v) is 3.73. The first kappa shape index (κ1) is 11.8. The van der Waals surface area contributed by atoms with Crippen LogP contribution in [0.4, 0.5) is 5.69 Å². The summed E-state index contributed by atoms with van der Waals surface area (Å²) in [4.78, 5) is 11.7. The average molecular weight is 277 g/mol. The summed E-state index contributed by atoms with van der Waals surface area (Å²) < 4.78 is 26.1. The van der Waals surface area contributed by atoms with Crippen LogP contribution in [0.2, 0.25) is 0 Å². The molecule has 2 aromatic rings. The van der Waals surface area contributed by atoms with Gasteiger partial charge in [-0.1, -0.05) is 12.1 Å². The van der Waals surface area contributed by atoms with Gasteiger partial charge in [0, 0.05) is 6.20 Å². The lowest BCUT2D eigenvalue weighted by Gasteiger charge is -2.14. The molecule has 0 bridgehead atoms. The standard InChI is InChI=1S/C12H11N3O3S/c13-12(16)11-9-5-3-7-15(9)19(17,18)10-6-2-1-4-8(10)14-11/h1-7,11,14H,(H2,13,16). The van der Waals surface area contributed by atoms with Crippen molar-refractivity contribution < 1.29 is 13.2 Å². The second-order valence-electron chi connectivity index (χ2n) is 4.21. The van der Waals surface area contributed by atoms with Crippen LogP contribution in [0, 0.1) is 0 Å². The third kappa shape index (κ3) is 1.62. The SMILES string of the molecule is NC(=O)C1Nc2ccccc2S(=O)(=O)n2cccc21. The van der Waals surface area contributed by atoms with Gasteiger partial charge in [-0.05, 0) is 24.3 Å². The van der Waals surface area contributed by atoms with Crippen molar-refractivity contribution in [3.63, 3.8) is 0 Å². The molecule has 1 unspecified atom stereocenters. The number of nitrogens with two attached hydrogens (primary N) is 1. The number of hydrogen-bond donors (Lipinski definition) is 2. The number of benzene rings is 1. The Bertz CT molecular complexity index is 764. The molecule has 3 rings (SSSR count). The van der Waals surface area contributed by atoms with Crippen LogP contribution in [0.5, 0.6) is 0 Å². The molecule has 0 saturated carbocycles. The minimum atomic E-state index is -3.71. The first-order valence-corrected chi connectivity index (χ1v) is 7.03. The minimum Gasteiger partial charge on any atom is -0.368 e. The van der Waals surface area contributed by atoms with Gasteiger partial charge in [0.15, 0.2) is 0 Å². The number of aromatic nitrogens is 1. The van der Waals surface area contributed by atoms with Crippen molar-refractivity contribution in [1.82, 2.24) is 3.97 Å². The van der Waals surface area contributed by atoms with E-state index in [1.54, 1.807) is 30.3 Å². The number of nitrogens with zero attached hydrogens (tertiary/aromatic N) is 1. The first-order valence-electron chi connectivity index (χ1n) is 5.59. The molecule has 1 aromatic heterocycles. The lowest BCUT2D eigenvalue weighted by Crippen LogP contribution is -2.28. The summed E-state index contributed by atoms with van der Waals surface area (Å²) in [5.41, 5.74) is 6.03. The zero-order chi connectivity index (χ0) is 13.6. The number of amides is 1. The van der Waals surface area contributed by atoms with E-state index < -0.39 is 22.0 Å². The minimum absolute atomic E-state index is 0.121. The number of fused-ring (bicyclic) bond motifs is 2. The summed E-state index contributed by atoms with van der Waals surface area (Å²) in [5.74, 6) is -0.633. The number of hydrogen-bond acceptors (Lipinski definition) is 4. The van der Waals surface area contributed by atoms with Gasteiger partial charge in [0.25, 0.3) is 10.0 Å². The molecule has 0 saturated heterocycles. The van der Waals surface area contributed by atoms with Crippen LogP contribution in [0.1, 0.15) is 11.7 Å². The molecule has 98 valence electrons. The normalized spacial score (nSPS) is 19.7. The largest absolute Gasteiger partial charge is 0.368 e. The van der Waals surface area contributed by atoms with Gasteiger partial charge in [-0.3, -0.25) is 4.79 Å². The Kier molecular flexibility index (Phi) is 2.39. The molecular weight excluding hydrogens is 266 g/mol. The second kappa shape index (κ2) is 3.86. The zero-order valence-electron chi connectivity index (χ0n) is 9.78. The van der Waals surface area contributed by atoms with E-state index >= 15 is 0 Å². The Morgan fingerprint density at radius 1 is 1.21 bits per heavy atom. The van der Waals surface area contributed by atoms with Crippen LogP contribution < -0.4 is 11.1 Å². The van der Waals surface area contributed by atoms with Crippen molar-refractivity contribution in [2.24, 2.45) is 5.73 Å². The third-order valence-corrected chi connectivity index (χ3v) is 4.81. The Balaban J connectivity index is 2.36. The molecule has 6 nitrogen and oxygen atoms in total. The molecule has 0 radical (unpaired) electrons. The molecular formula is C12H11N3O3S. The summed E-state index contributed by atoms with van der Waals surface area (Å²) in [6.07, 6.45) is 1.41. The maximum atomic E-state index is 12.5. The first-order chi connectivity index (χ1) is 9.01. The quantitative estimate of drug-likeness (QED) is 0.801. The van der Waals surface area contributed by atoms with Crippen molar-refractivity contribution in [2.45, 2.75) is 10.9 Å². The van der Waals surface area contributed by atoms with Crippen molar-refractivity contribution >= 4 is 21.6 Å². The zero-order valence-corrected chi connectivity index (χ0v) is 10.6. The third-order valence-electron chi connectivity index (χ3n) is 3.05. The van der Waals surface area contributed by atoms with E-state index in [9.17, 15) is 13.2 Å². The number of carbonyl (C=O) groups excluding carboxylic acids is 1. The summed E-state index contributed by atoms with van der Waals surface area (Å²) in [6.45, 7) is 0. The lowest BCUT2D eigenvalue weighted by atomic mass is 10.2. The van der Waals surface area contributed by atoms with Gasteiger partial charge in [-0.25, -0.2) is 12.4 Å². The van der Waals surface area contributed by atoms with E-state index in [0.29, 0.717) is 11.4 Å². The Hall–Kier alpha value is -2.28. The van der Waals surface area contributed by atoms with E-state index in [1.165, 1.54) is 12.3 Å². The van der Waals surface area contributed by atoms with Crippen molar-refractivity contribution in [2.75, 3.05) is 5.32 Å². The highest BCUT2D eigenvalue weighted by atomic mass is 32.2.